The van der Waals surface area contributed by atoms with Gasteiger partial charge in [-0.25, -0.2) is 4.79 Å². The van der Waals surface area contributed by atoms with Gasteiger partial charge in [-0.3, -0.25) is 0 Å². The summed E-state index contributed by atoms with van der Waals surface area (Å²) >= 11 is 3.65. The summed E-state index contributed by atoms with van der Waals surface area (Å²) in [7, 11) is 2.15. The Kier molecular flexibility index (Phi) is 6.15. The number of carbonyl (C=O) groups excluding carboxylic acids is 1. The summed E-state index contributed by atoms with van der Waals surface area (Å²) in [5.74, 6) is 0. The zero-order chi connectivity index (χ0) is 17.9. The maximum absolute atomic E-state index is 11.9. The number of rotatable bonds is 3. The average molecular weight is 398 g/mol. The molecule has 0 saturated carbocycles. The number of nitrogens with one attached hydrogen (secondary N) is 1. The molecule has 1 atom stereocenters. The average Bonchev–Trinajstić information content (AvgIpc) is 2.45. The molecular formula is C18H28BrN3O2. The predicted octanol–water partition coefficient (Wildman–Crippen LogP) is 3.79. The third-order valence-corrected chi connectivity index (χ3v) is 4.74. The standard InChI is InChI=1S/C18H28BrN3O2/c1-13(20-17(23)24-18(2,3)4)15-7-6-14(12-16(15)19)22-10-8-21(5)9-11-22/h6-7,12-13H,8-11H2,1-5H3,(H,20,23)/t13-/m0/s1. The largest absolute Gasteiger partial charge is 0.444 e. The molecule has 1 aliphatic rings. The molecule has 1 heterocycles. The van der Waals surface area contributed by atoms with Crippen LogP contribution in [0.2, 0.25) is 0 Å². The highest BCUT2D eigenvalue weighted by Crippen LogP contribution is 2.29. The van der Waals surface area contributed by atoms with E-state index in [9.17, 15) is 4.79 Å². The molecule has 5 nitrogen and oxygen atoms in total. The van der Waals surface area contributed by atoms with E-state index in [0.29, 0.717) is 0 Å². The molecule has 1 aromatic rings. The molecule has 0 unspecified atom stereocenters. The van der Waals surface area contributed by atoms with Crippen molar-refractivity contribution in [2.75, 3.05) is 38.1 Å². The van der Waals surface area contributed by atoms with E-state index in [4.69, 9.17) is 4.74 Å². The number of piperazine rings is 1. The Morgan fingerprint density at radius 2 is 1.88 bits per heavy atom. The number of hydrogen-bond acceptors (Lipinski definition) is 4. The molecule has 1 amide bonds. The number of amides is 1. The lowest BCUT2D eigenvalue weighted by atomic mass is 10.1. The Hall–Kier alpha value is -1.27. The molecule has 1 aliphatic heterocycles. The number of carbonyl (C=O) groups is 1. The van der Waals surface area contributed by atoms with Gasteiger partial charge in [-0.05, 0) is 52.4 Å². The zero-order valence-corrected chi connectivity index (χ0v) is 16.8. The molecule has 6 heteroatoms. The molecular weight excluding hydrogens is 370 g/mol. The second kappa shape index (κ2) is 7.74. The Labute approximate surface area is 153 Å². The van der Waals surface area contributed by atoms with Crippen LogP contribution in [-0.4, -0.2) is 49.8 Å². The van der Waals surface area contributed by atoms with E-state index in [1.54, 1.807) is 0 Å². The Balaban J connectivity index is 2.02. The molecule has 1 N–H and O–H groups in total. The Bertz CT molecular complexity index is 578. The molecule has 1 saturated heterocycles. The quantitative estimate of drug-likeness (QED) is 0.842. The summed E-state index contributed by atoms with van der Waals surface area (Å²) < 4.78 is 6.32. The minimum Gasteiger partial charge on any atom is -0.444 e. The number of anilines is 1. The van der Waals surface area contributed by atoms with Crippen LogP contribution in [0.15, 0.2) is 22.7 Å². The number of benzene rings is 1. The summed E-state index contributed by atoms with van der Waals surface area (Å²) in [4.78, 5) is 16.7. The van der Waals surface area contributed by atoms with E-state index < -0.39 is 11.7 Å². The molecule has 0 radical (unpaired) electrons. The molecule has 1 aromatic carbocycles. The van der Waals surface area contributed by atoms with E-state index in [0.717, 1.165) is 36.2 Å². The first-order chi connectivity index (χ1) is 11.2. The topological polar surface area (TPSA) is 44.8 Å². The number of alkyl carbamates (subject to hydrolysis) is 1. The van der Waals surface area contributed by atoms with Crippen LogP contribution in [0.5, 0.6) is 0 Å². The van der Waals surface area contributed by atoms with Crippen LogP contribution in [0.4, 0.5) is 10.5 Å². The van der Waals surface area contributed by atoms with Gasteiger partial charge in [0.2, 0.25) is 0 Å². The summed E-state index contributed by atoms with van der Waals surface area (Å²) in [5, 5.41) is 2.89. The molecule has 0 aromatic heterocycles. The van der Waals surface area contributed by atoms with Crippen LogP contribution in [0.25, 0.3) is 0 Å². The highest BCUT2D eigenvalue weighted by Gasteiger charge is 2.20. The monoisotopic (exact) mass is 397 g/mol. The first kappa shape index (κ1) is 19.1. The maximum atomic E-state index is 11.9. The molecule has 0 aliphatic carbocycles. The van der Waals surface area contributed by atoms with Gasteiger partial charge in [0.05, 0.1) is 6.04 Å². The maximum Gasteiger partial charge on any atom is 0.408 e. The van der Waals surface area contributed by atoms with E-state index in [2.05, 4.69) is 56.3 Å². The molecule has 0 bridgehead atoms. The van der Waals surface area contributed by atoms with Crippen molar-refractivity contribution < 1.29 is 9.53 Å². The number of ether oxygens (including phenoxy) is 1. The van der Waals surface area contributed by atoms with Crippen molar-refractivity contribution in [3.05, 3.63) is 28.2 Å². The minimum absolute atomic E-state index is 0.129. The van der Waals surface area contributed by atoms with Crippen LogP contribution < -0.4 is 10.2 Å². The molecule has 1 fully saturated rings. The first-order valence-corrected chi connectivity index (χ1v) is 9.17. The number of hydrogen-bond donors (Lipinski definition) is 1. The molecule has 2 rings (SSSR count). The van der Waals surface area contributed by atoms with E-state index in [1.165, 1.54) is 5.69 Å². The summed E-state index contributed by atoms with van der Waals surface area (Å²) in [6.45, 7) is 11.8. The van der Waals surface area contributed by atoms with Gasteiger partial charge in [0.1, 0.15) is 5.60 Å². The Morgan fingerprint density at radius 1 is 1.25 bits per heavy atom. The van der Waals surface area contributed by atoms with Crippen LogP contribution in [-0.2, 0) is 4.74 Å². The van der Waals surface area contributed by atoms with Crippen molar-refractivity contribution in [1.29, 1.82) is 0 Å². The third kappa shape index (κ3) is 5.38. The smallest absolute Gasteiger partial charge is 0.408 e. The minimum atomic E-state index is -0.494. The summed E-state index contributed by atoms with van der Waals surface area (Å²) in [6.07, 6.45) is -0.398. The van der Waals surface area contributed by atoms with Crippen molar-refractivity contribution in [2.24, 2.45) is 0 Å². The lowest BCUT2D eigenvalue weighted by Crippen LogP contribution is -2.44. The summed E-state index contributed by atoms with van der Waals surface area (Å²) in [5.41, 5.74) is 1.76. The van der Waals surface area contributed by atoms with Crippen molar-refractivity contribution in [2.45, 2.75) is 39.3 Å². The third-order valence-electron chi connectivity index (χ3n) is 4.05. The van der Waals surface area contributed by atoms with Crippen LogP contribution in [0.1, 0.15) is 39.3 Å². The van der Waals surface area contributed by atoms with Gasteiger partial charge in [-0.15, -0.1) is 0 Å². The van der Waals surface area contributed by atoms with Gasteiger partial charge in [-0.1, -0.05) is 22.0 Å². The SMILES string of the molecule is C[C@H](NC(=O)OC(C)(C)C)c1ccc(N2CCN(C)CC2)cc1Br. The fourth-order valence-electron chi connectivity index (χ4n) is 2.69. The van der Waals surface area contributed by atoms with Crippen molar-refractivity contribution >= 4 is 27.7 Å². The number of halogens is 1. The van der Waals surface area contributed by atoms with Gasteiger partial charge >= 0.3 is 6.09 Å². The van der Waals surface area contributed by atoms with E-state index in [-0.39, 0.29) is 6.04 Å². The Morgan fingerprint density at radius 3 is 2.42 bits per heavy atom. The predicted molar refractivity (Wildman–Crippen MR) is 102 cm³/mol. The highest BCUT2D eigenvalue weighted by molar-refractivity contribution is 9.10. The van der Waals surface area contributed by atoms with Crippen LogP contribution in [0.3, 0.4) is 0 Å². The highest BCUT2D eigenvalue weighted by atomic mass is 79.9. The lowest BCUT2D eigenvalue weighted by Gasteiger charge is -2.34. The van der Waals surface area contributed by atoms with Gasteiger partial charge in [0.25, 0.3) is 0 Å². The van der Waals surface area contributed by atoms with Crippen molar-refractivity contribution in [3.63, 3.8) is 0 Å². The van der Waals surface area contributed by atoms with Crippen LogP contribution in [0, 0.1) is 0 Å². The van der Waals surface area contributed by atoms with E-state index in [1.807, 2.05) is 27.7 Å². The second-order valence-corrected chi connectivity index (χ2v) is 8.22. The fourth-order valence-corrected chi connectivity index (χ4v) is 3.40. The van der Waals surface area contributed by atoms with Crippen molar-refractivity contribution in [1.82, 2.24) is 10.2 Å². The molecule has 134 valence electrons. The number of nitrogens with zero attached hydrogens (tertiary/aromatic N) is 2. The van der Waals surface area contributed by atoms with Crippen LogP contribution >= 0.6 is 15.9 Å². The molecule has 0 spiro atoms. The fraction of sp³-hybridized carbons (Fsp3) is 0.611. The zero-order valence-electron chi connectivity index (χ0n) is 15.2. The van der Waals surface area contributed by atoms with Gasteiger partial charge in [0.15, 0.2) is 0 Å². The normalized spacial score (nSPS) is 17.5. The van der Waals surface area contributed by atoms with Crippen molar-refractivity contribution in [3.8, 4) is 0 Å². The second-order valence-electron chi connectivity index (χ2n) is 7.36. The van der Waals surface area contributed by atoms with E-state index >= 15 is 0 Å². The molecule has 24 heavy (non-hydrogen) atoms. The summed E-state index contributed by atoms with van der Waals surface area (Å²) in [6, 6.07) is 6.20. The van der Waals surface area contributed by atoms with Gasteiger partial charge < -0.3 is 19.9 Å². The lowest BCUT2D eigenvalue weighted by molar-refractivity contribution is 0.0508. The number of likely N-dealkylation sites (N-methyl/N-ethyl adjacent to an activating group) is 1. The first-order valence-electron chi connectivity index (χ1n) is 8.38. The van der Waals surface area contributed by atoms with Gasteiger partial charge in [-0.2, -0.15) is 0 Å². The van der Waals surface area contributed by atoms with Gasteiger partial charge in [0, 0.05) is 36.3 Å².